The predicted molar refractivity (Wildman–Crippen MR) is 40.5 cm³/mol. The van der Waals surface area contributed by atoms with Crippen molar-refractivity contribution < 1.29 is 4.74 Å². The number of hydrogen-bond acceptors (Lipinski definition) is 1. The van der Waals surface area contributed by atoms with Crippen LogP contribution in [0.15, 0.2) is 0 Å². The summed E-state index contributed by atoms with van der Waals surface area (Å²) in [6.45, 7) is 6.59. The van der Waals surface area contributed by atoms with E-state index in [4.69, 9.17) is 4.74 Å². The molecule has 0 saturated carbocycles. The second kappa shape index (κ2) is 4.80. The number of rotatable bonds is 4. The molecule has 1 unspecified atom stereocenters. The third-order valence-electron chi connectivity index (χ3n) is 1.62. The molecule has 0 aliphatic rings. The zero-order valence-electron chi connectivity index (χ0n) is 6.98. The first kappa shape index (κ1) is 8.96. The van der Waals surface area contributed by atoms with Crippen LogP contribution in [0.2, 0.25) is 0 Å². The molecule has 0 aromatic carbocycles. The van der Waals surface area contributed by atoms with Crippen LogP contribution in [-0.4, -0.2) is 13.2 Å². The normalized spacial score (nSPS) is 14.3. The molecular formula is C8H18O. The molecule has 56 valence electrons. The van der Waals surface area contributed by atoms with Crippen LogP contribution in [0, 0.1) is 5.92 Å². The van der Waals surface area contributed by atoms with Crippen LogP contribution in [0.25, 0.3) is 0 Å². The maximum absolute atomic E-state index is 5.25. The van der Waals surface area contributed by atoms with Gasteiger partial charge >= 0.3 is 0 Å². The van der Waals surface area contributed by atoms with Crippen LogP contribution >= 0.6 is 0 Å². The lowest BCUT2D eigenvalue weighted by atomic mass is 10.0. The topological polar surface area (TPSA) is 9.23 Å². The lowest BCUT2D eigenvalue weighted by Gasteiger charge is -2.17. The summed E-state index contributed by atoms with van der Waals surface area (Å²) in [7, 11) is 1.79. The summed E-state index contributed by atoms with van der Waals surface area (Å²) in [5.41, 5.74) is 0. The standard InChI is InChI=1S/C8H18O/c1-5-6-8(9-4)7(2)3/h7-8H,5-6H2,1-4H3. The summed E-state index contributed by atoms with van der Waals surface area (Å²) in [5.74, 6) is 0.662. The van der Waals surface area contributed by atoms with Crippen molar-refractivity contribution in [2.24, 2.45) is 5.92 Å². The highest BCUT2D eigenvalue weighted by Crippen LogP contribution is 2.10. The molecule has 0 heterocycles. The van der Waals surface area contributed by atoms with Crippen molar-refractivity contribution in [3.63, 3.8) is 0 Å². The van der Waals surface area contributed by atoms with Crippen molar-refractivity contribution in [2.45, 2.75) is 39.7 Å². The summed E-state index contributed by atoms with van der Waals surface area (Å²) in [6, 6.07) is 0. The Balaban J connectivity index is 3.41. The summed E-state index contributed by atoms with van der Waals surface area (Å²) in [5, 5.41) is 0. The van der Waals surface area contributed by atoms with Crippen LogP contribution in [0.4, 0.5) is 0 Å². The average molecular weight is 130 g/mol. The second-order valence-corrected chi connectivity index (χ2v) is 2.81. The SMILES string of the molecule is CCCC(OC)C(C)C. The first-order valence-electron chi connectivity index (χ1n) is 3.75. The van der Waals surface area contributed by atoms with E-state index < -0.39 is 0 Å². The van der Waals surface area contributed by atoms with E-state index in [-0.39, 0.29) is 0 Å². The Hall–Kier alpha value is -0.0400. The van der Waals surface area contributed by atoms with Crippen molar-refractivity contribution in [1.29, 1.82) is 0 Å². The van der Waals surface area contributed by atoms with Gasteiger partial charge in [0.05, 0.1) is 6.10 Å². The number of methoxy groups -OCH3 is 1. The van der Waals surface area contributed by atoms with E-state index in [1.165, 1.54) is 12.8 Å². The van der Waals surface area contributed by atoms with Crippen LogP contribution in [0.5, 0.6) is 0 Å². The van der Waals surface area contributed by atoms with E-state index in [1.54, 1.807) is 7.11 Å². The molecule has 0 amide bonds. The maximum atomic E-state index is 5.25. The van der Waals surface area contributed by atoms with Crippen molar-refractivity contribution in [2.75, 3.05) is 7.11 Å². The minimum atomic E-state index is 0.468. The Labute approximate surface area is 58.4 Å². The predicted octanol–water partition coefficient (Wildman–Crippen LogP) is 2.46. The third-order valence-corrected chi connectivity index (χ3v) is 1.62. The first-order valence-corrected chi connectivity index (χ1v) is 3.75. The smallest absolute Gasteiger partial charge is 0.0594 e. The van der Waals surface area contributed by atoms with Gasteiger partial charge in [-0.15, -0.1) is 0 Å². The molecule has 0 radical (unpaired) electrons. The fourth-order valence-corrected chi connectivity index (χ4v) is 1.01. The first-order chi connectivity index (χ1) is 4.22. The molecule has 0 aliphatic carbocycles. The monoisotopic (exact) mass is 130 g/mol. The Morgan fingerprint density at radius 2 is 1.89 bits per heavy atom. The third kappa shape index (κ3) is 3.52. The average Bonchev–Trinajstić information content (AvgIpc) is 1.82. The molecule has 1 nitrogen and oxygen atoms in total. The lowest BCUT2D eigenvalue weighted by Crippen LogP contribution is -2.17. The minimum Gasteiger partial charge on any atom is -0.381 e. The van der Waals surface area contributed by atoms with Crippen LogP contribution < -0.4 is 0 Å². The molecule has 0 aromatic rings. The number of hydrogen-bond donors (Lipinski definition) is 0. The van der Waals surface area contributed by atoms with Gasteiger partial charge in [0.1, 0.15) is 0 Å². The molecule has 1 atom stereocenters. The molecule has 0 aromatic heterocycles. The van der Waals surface area contributed by atoms with E-state index in [0.29, 0.717) is 12.0 Å². The van der Waals surface area contributed by atoms with E-state index in [9.17, 15) is 0 Å². The highest BCUT2D eigenvalue weighted by Gasteiger charge is 2.09. The summed E-state index contributed by atoms with van der Waals surface area (Å²) >= 11 is 0. The van der Waals surface area contributed by atoms with Crippen molar-refractivity contribution in [1.82, 2.24) is 0 Å². The summed E-state index contributed by atoms with van der Waals surface area (Å²) in [4.78, 5) is 0. The van der Waals surface area contributed by atoms with Crippen LogP contribution in [0.3, 0.4) is 0 Å². The van der Waals surface area contributed by atoms with Crippen molar-refractivity contribution >= 4 is 0 Å². The highest BCUT2D eigenvalue weighted by molar-refractivity contribution is 4.59. The van der Waals surface area contributed by atoms with Gasteiger partial charge in [-0.1, -0.05) is 27.2 Å². The Morgan fingerprint density at radius 3 is 2.00 bits per heavy atom. The van der Waals surface area contributed by atoms with E-state index in [0.717, 1.165) is 0 Å². The van der Waals surface area contributed by atoms with E-state index in [2.05, 4.69) is 20.8 Å². The molecule has 0 aliphatic heterocycles. The van der Waals surface area contributed by atoms with Gasteiger partial charge in [0, 0.05) is 7.11 Å². The summed E-state index contributed by atoms with van der Waals surface area (Å²) in [6.07, 6.45) is 2.88. The van der Waals surface area contributed by atoms with Gasteiger partial charge in [0.25, 0.3) is 0 Å². The quantitative estimate of drug-likeness (QED) is 0.568. The molecule has 1 heteroatoms. The van der Waals surface area contributed by atoms with E-state index in [1.807, 2.05) is 0 Å². The molecule has 0 rings (SSSR count). The minimum absolute atomic E-state index is 0.468. The van der Waals surface area contributed by atoms with Gasteiger partial charge in [0.2, 0.25) is 0 Å². The van der Waals surface area contributed by atoms with Gasteiger partial charge in [-0.2, -0.15) is 0 Å². The molecule has 0 bridgehead atoms. The van der Waals surface area contributed by atoms with Crippen LogP contribution in [-0.2, 0) is 4.74 Å². The summed E-state index contributed by atoms with van der Waals surface area (Å²) < 4.78 is 5.25. The fourth-order valence-electron chi connectivity index (χ4n) is 1.01. The van der Waals surface area contributed by atoms with Gasteiger partial charge in [-0.3, -0.25) is 0 Å². The molecule has 0 fully saturated rings. The zero-order valence-corrected chi connectivity index (χ0v) is 6.98. The Bertz CT molecular complexity index is 59.6. The Kier molecular flexibility index (Phi) is 4.78. The lowest BCUT2D eigenvalue weighted by molar-refractivity contribution is 0.0576. The molecule has 0 saturated heterocycles. The van der Waals surface area contributed by atoms with Gasteiger partial charge in [0.15, 0.2) is 0 Å². The van der Waals surface area contributed by atoms with Crippen molar-refractivity contribution in [3.8, 4) is 0 Å². The van der Waals surface area contributed by atoms with Gasteiger partial charge < -0.3 is 4.74 Å². The van der Waals surface area contributed by atoms with E-state index >= 15 is 0 Å². The molecule has 0 N–H and O–H groups in total. The largest absolute Gasteiger partial charge is 0.381 e. The molecular weight excluding hydrogens is 112 g/mol. The van der Waals surface area contributed by atoms with Gasteiger partial charge in [-0.25, -0.2) is 0 Å². The van der Waals surface area contributed by atoms with Crippen molar-refractivity contribution in [3.05, 3.63) is 0 Å². The molecule has 9 heavy (non-hydrogen) atoms. The maximum Gasteiger partial charge on any atom is 0.0594 e. The Morgan fingerprint density at radius 1 is 1.33 bits per heavy atom. The number of ether oxygens (including phenoxy) is 1. The van der Waals surface area contributed by atoms with Crippen LogP contribution in [0.1, 0.15) is 33.6 Å². The highest BCUT2D eigenvalue weighted by atomic mass is 16.5. The van der Waals surface area contributed by atoms with Gasteiger partial charge in [-0.05, 0) is 12.3 Å². The second-order valence-electron chi connectivity index (χ2n) is 2.81. The fraction of sp³-hybridized carbons (Fsp3) is 1.00. The molecule has 0 spiro atoms. The zero-order chi connectivity index (χ0) is 7.28.